The van der Waals surface area contributed by atoms with Crippen LogP contribution in [0.5, 0.6) is 0 Å². The van der Waals surface area contributed by atoms with Crippen molar-refractivity contribution in [1.82, 2.24) is 0 Å². The third kappa shape index (κ3) is 5.89. The van der Waals surface area contributed by atoms with Crippen LogP contribution in [0.15, 0.2) is 0 Å². The predicted octanol–water partition coefficient (Wildman–Crippen LogP) is 3.21. The Morgan fingerprint density at radius 2 is 1.71 bits per heavy atom. The van der Waals surface area contributed by atoms with E-state index in [9.17, 15) is 0 Å². The van der Waals surface area contributed by atoms with E-state index in [1.54, 1.807) is 11.8 Å². The fourth-order valence-corrected chi connectivity index (χ4v) is 1.94. The lowest BCUT2D eigenvalue weighted by Gasteiger charge is -2.11. The number of nitrogens with zero attached hydrogens (tertiary/aromatic N) is 2. The van der Waals surface area contributed by atoms with Gasteiger partial charge in [0.2, 0.25) is 0 Å². The third-order valence-electron chi connectivity index (χ3n) is 2.24. The quantitative estimate of drug-likeness (QED) is 0.648. The Bertz CT molecular complexity index is 214. The van der Waals surface area contributed by atoms with Crippen LogP contribution in [0.3, 0.4) is 0 Å². The molecule has 0 saturated carbocycles. The molecule has 0 fully saturated rings. The fourth-order valence-electron chi connectivity index (χ4n) is 1.42. The van der Waals surface area contributed by atoms with Crippen LogP contribution in [0.1, 0.15) is 32.6 Å². The number of hydrogen-bond donors (Lipinski definition) is 0. The summed E-state index contributed by atoms with van der Waals surface area (Å²) in [7, 11) is 0. The van der Waals surface area contributed by atoms with Gasteiger partial charge < -0.3 is 0 Å². The minimum Gasteiger partial charge on any atom is -0.198 e. The first kappa shape index (κ1) is 13.3. The lowest BCUT2D eigenvalue weighted by atomic mass is 9.91. The molecule has 2 unspecified atom stereocenters. The highest BCUT2D eigenvalue weighted by atomic mass is 32.2. The van der Waals surface area contributed by atoms with Crippen molar-refractivity contribution in [2.45, 2.75) is 32.6 Å². The molecule has 0 bridgehead atoms. The van der Waals surface area contributed by atoms with Crippen LogP contribution in [-0.2, 0) is 0 Å². The Balaban J connectivity index is 3.91. The van der Waals surface area contributed by atoms with Gasteiger partial charge in [-0.3, -0.25) is 0 Å². The minimum atomic E-state index is 0.0682. The maximum Gasteiger partial charge on any atom is 0.0656 e. The molecule has 78 valence electrons. The molecule has 0 N–H and O–H groups in total. The zero-order valence-electron chi connectivity index (χ0n) is 8.99. The Morgan fingerprint density at radius 3 is 2.14 bits per heavy atom. The summed E-state index contributed by atoms with van der Waals surface area (Å²) < 4.78 is 0. The fraction of sp³-hybridized carbons (Fsp3) is 0.818. The number of thioether (sulfide) groups is 1. The van der Waals surface area contributed by atoms with Gasteiger partial charge in [-0.2, -0.15) is 22.3 Å². The van der Waals surface area contributed by atoms with E-state index in [0.717, 1.165) is 31.4 Å². The second-order valence-electron chi connectivity index (χ2n) is 3.46. The first-order valence-corrected chi connectivity index (χ1v) is 6.46. The molecule has 0 saturated heterocycles. The summed E-state index contributed by atoms with van der Waals surface area (Å²) in [5.74, 6) is 1.16. The first-order chi connectivity index (χ1) is 6.78. The van der Waals surface area contributed by atoms with Gasteiger partial charge in [-0.05, 0) is 31.3 Å². The number of nitriles is 2. The number of hydrogen-bond acceptors (Lipinski definition) is 3. The highest BCUT2D eigenvalue weighted by molar-refractivity contribution is 7.98. The Kier molecular flexibility index (Phi) is 8.48. The van der Waals surface area contributed by atoms with Crippen molar-refractivity contribution in [3.05, 3.63) is 0 Å². The van der Waals surface area contributed by atoms with Gasteiger partial charge in [0, 0.05) is 11.8 Å². The van der Waals surface area contributed by atoms with Gasteiger partial charge in [0.05, 0.1) is 12.1 Å². The Morgan fingerprint density at radius 1 is 1.14 bits per heavy atom. The van der Waals surface area contributed by atoms with Gasteiger partial charge in [-0.1, -0.05) is 13.3 Å². The molecule has 0 rings (SSSR count). The van der Waals surface area contributed by atoms with Crippen LogP contribution in [0.2, 0.25) is 0 Å². The normalized spacial score (nSPS) is 14.0. The Labute approximate surface area is 91.3 Å². The van der Waals surface area contributed by atoms with E-state index in [2.05, 4.69) is 19.1 Å². The smallest absolute Gasteiger partial charge is 0.0656 e. The molecule has 0 aromatic heterocycles. The van der Waals surface area contributed by atoms with Crippen LogP contribution in [-0.4, -0.2) is 12.0 Å². The molecule has 2 atom stereocenters. The maximum absolute atomic E-state index is 8.90. The van der Waals surface area contributed by atoms with Gasteiger partial charge >= 0.3 is 0 Å². The summed E-state index contributed by atoms with van der Waals surface area (Å²) in [5, 5.41) is 17.8. The first-order valence-electron chi connectivity index (χ1n) is 5.06. The predicted molar refractivity (Wildman–Crippen MR) is 60.7 cm³/mol. The van der Waals surface area contributed by atoms with Crippen LogP contribution < -0.4 is 0 Å². The number of rotatable bonds is 7. The molecule has 2 nitrogen and oxygen atoms in total. The van der Waals surface area contributed by atoms with Crippen molar-refractivity contribution in [3.63, 3.8) is 0 Å². The van der Waals surface area contributed by atoms with Gasteiger partial charge in [-0.15, -0.1) is 0 Å². The minimum absolute atomic E-state index is 0.0682. The molecule has 0 radical (unpaired) electrons. The van der Waals surface area contributed by atoms with Crippen LogP contribution in [0.25, 0.3) is 0 Å². The highest BCUT2D eigenvalue weighted by Crippen LogP contribution is 2.20. The molecule has 14 heavy (non-hydrogen) atoms. The summed E-state index contributed by atoms with van der Waals surface area (Å²) in [5.41, 5.74) is 0. The summed E-state index contributed by atoms with van der Waals surface area (Å²) >= 11 is 1.76. The zero-order valence-corrected chi connectivity index (χ0v) is 9.81. The molecular weight excluding hydrogens is 192 g/mol. The third-order valence-corrected chi connectivity index (χ3v) is 2.89. The maximum atomic E-state index is 8.90. The van der Waals surface area contributed by atoms with E-state index in [4.69, 9.17) is 10.5 Å². The van der Waals surface area contributed by atoms with Gasteiger partial charge in [-0.25, -0.2) is 0 Å². The van der Waals surface area contributed by atoms with E-state index in [1.165, 1.54) is 0 Å². The SMILES string of the molecule is CCCC(C#N)CC(C#N)CCSC. The van der Waals surface area contributed by atoms with Gasteiger partial charge in [0.1, 0.15) is 0 Å². The van der Waals surface area contributed by atoms with Crippen LogP contribution in [0.4, 0.5) is 0 Å². The second kappa shape index (κ2) is 8.91. The molecule has 0 aromatic rings. The largest absolute Gasteiger partial charge is 0.198 e. The van der Waals surface area contributed by atoms with E-state index in [1.807, 2.05) is 6.26 Å². The van der Waals surface area contributed by atoms with Crippen molar-refractivity contribution >= 4 is 11.8 Å². The molecule has 0 aliphatic carbocycles. The van der Waals surface area contributed by atoms with Crippen molar-refractivity contribution in [2.75, 3.05) is 12.0 Å². The molecule has 0 amide bonds. The van der Waals surface area contributed by atoms with Crippen molar-refractivity contribution in [1.29, 1.82) is 10.5 Å². The average molecular weight is 210 g/mol. The van der Waals surface area contributed by atoms with Crippen molar-refractivity contribution in [2.24, 2.45) is 11.8 Å². The Hall–Kier alpha value is -0.670. The second-order valence-corrected chi connectivity index (χ2v) is 4.44. The van der Waals surface area contributed by atoms with Crippen molar-refractivity contribution in [3.8, 4) is 12.1 Å². The highest BCUT2D eigenvalue weighted by Gasteiger charge is 2.14. The summed E-state index contributed by atoms with van der Waals surface area (Å²) in [6.45, 7) is 2.08. The molecule has 3 heteroatoms. The van der Waals surface area contributed by atoms with Crippen LogP contribution >= 0.6 is 11.8 Å². The van der Waals surface area contributed by atoms with Crippen molar-refractivity contribution < 1.29 is 0 Å². The summed E-state index contributed by atoms with van der Waals surface area (Å²) in [6.07, 6.45) is 5.66. The zero-order chi connectivity index (χ0) is 10.8. The van der Waals surface area contributed by atoms with E-state index >= 15 is 0 Å². The lowest BCUT2D eigenvalue weighted by molar-refractivity contribution is 0.462. The molecule has 0 aliphatic heterocycles. The summed E-state index contributed by atoms with van der Waals surface area (Å²) in [6, 6.07) is 4.58. The lowest BCUT2D eigenvalue weighted by Crippen LogP contribution is -2.07. The monoisotopic (exact) mass is 210 g/mol. The molecule has 0 spiro atoms. The molecule has 0 aliphatic rings. The molecular formula is C11H18N2S. The molecule has 0 heterocycles. The van der Waals surface area contributed by atoms with Gasteiger partial charge in [0.25, 0.3) is 0 Å². The van der Waals surface area contributed by atoms with E-state index in [0.29, 0.717) is 0 Å². The van der Waals surface area contributed by atoms with Crippen LogP contribution in [0, 0.1) is 34.5 Å². The standard InChI is InChI=1S/C11H18N2S/c1-3-4-10(8-12)7-11(9-13)5-6-14-2/h10-11H,3-7H2,1-2H3. The van der Waals surface area contributed by atoms with Gasteiger partial charge in [0.15, 0.2) is 0 Å². The topological polar surface area (TPSA) is 47.6 Å². The van der Waals surface area contributed by atoms with E-state index < -0.39 is 0 Å². The average Bonchev–Trinajstić information content (AvgIpc) is 2.22. The molecule has 0 aromatic carbocycles. The summed E-state index contributed by atoms with van der Waals surface area (Å²) in [4.78, 5) is 0. The van der Waals surface area contributed by atoms with E-state index in [-0.39, 0.29) is 11.8 Å².